The Bertz CT molecular complexity index is 2210. The summed E-state index contributed by atoms with van der Waals surface area (Å²) in [6.07, 6.45) is -1.30. The zero-order valence-corrected chi connectivity index (χ0v) is 23.2. The summed E-state index contributed by atoms with van der Waals surface area (Å²) in [5.41, 5.74) is -16.4. The van der Waals surface area contributed by atoms with E-state index in [4.69, 9.17) is 15.8 Å². The van der Waals surface area contributed by atoms with E-state index in [2.05, 4.69) is 0 Å². The van der Waals surface area contributed by atoms with Gasteiger partial charge in [0, 0.05) is 5.56 Å². The van der Waals surface area contributed by atoms with E-state index in [9.17, 15) is 64.1 Å². The van der Waals surface area contributed by atoms with E-state index >= 15 is 4.39 Å². The van der Waals surface area contributed by atoms with Crippen LogP contribution in [-0.4, -0.2) is 0 Å². The summed E-state index contributed by atoms with van der Waals surface area (Å²) in [5, 5.41) is 55.5. The number of alkyl halides is 1. The number of allylic oxidation sites excluding steroid dienone is 11. The molecule has 6 nitrogen and oxygen atoms in total. The van der Waals surface area contributed by atoms with Crippen LogP contribution in [-0.2, 0) is 6.67 Å². The number of hydrogen-bond donors (Lipinski definition) is 0. The van der Waals surface area contributed by atoms with Crippen LogP contribution in [0.4, 0.5) is 52.7 Å². The predicted molar refractivity (Wildman–Crippen MR) is 140 cm³/mol. The minimum absolute atomic E-state index is 0.00963. The Morgan fingerprint density at radius 3 is 1.37 bits per heavy atom. The van der Waals surface area contributed by atoms with Crippen LogP contribution in [0.1, 0.15) is 27.8 Å². The number of nitriles is 6. The maximum atomic E-state index is 15.2. The van der Waals surface area contributed by atoms with E-state index in [0.717, 1.165) is 36.4 Å². The molecular weight excluding hydrogens is 684 g/mol. The molecule has 49 heavy (non-hydrogen) atoms. The molecule has 0 unspecified atom stereocenters. The fourth-order valence-electron chi connectivity index (χ4n) is 3.73. The summed E-state index contributed by atoms with van der Waals surface area (Å²) in [4.78, 5) is 0. The molecule has 244 valence electrons. The first-order valence-corrected chi connectivity index (χ1v) is 12.1. The molecule has 0 radical (unpaired) electrons. The van der Waals surface area contributed by atoms with Gasteiger partial charge in [-0.15, -0.1) is 0 Å². The summed E-state index contributed by atoms with van der Waals surface area (Å²) in [6.45, 7) is -1.98. The van der Waals surface area contributed by atoms with Crippen LogP contribution >= 0.6 is 0 Å². The van der Waals surface area contributed by atoms with E-state index in [1.807, 2.05) is 0 Å². The number of rotatable bonds is 8. The molecule has 0 bridgehead atoms. The summed E-state index contributed by atoms with van der Waals surface area (Å²) < 4.78 is 172. The third-order valence-corrected chi connectivity index (χ3v) is 6.00. The zero-order valence-electron chi connectivity index (χ0n) is 23.2. The third-order valence-electron chi connectivity index (χ3n) is 6.00. The Morgan fingerprint density at radius 1 is 0.551 bits per heavy atom. The Morgan fingerprint density at radius 2 is 1.00 bits per heavy atom. The summed E-state index contributed by atoms with van der Waals surface area (Å²) in [7, 11) is 0. The summed E-state index contributed by atoms with van der Waals surface area (Å²) in [5.74, 6) is -23.5. The van der Waals surface area contributed by atoms with E-state index in [1.54, 1.807) is 0 Å². The lowest BCUT2D eigenvalue weighted by Gasteiger charge is -2.11. The molecule has 0 aliphatic carbocycles. The van der Waals surface area contributed by atoms with Gasteiger partial charge in [-0.1, -0.05) is 0 Å². The molecule has 0 fully saturated rings. The molecule has 0 heterocycles. The molecule has 2 aromatic rings. The quantitative estimate of drug-likeness (QED) is 0.118. The number of nitrogens with zero attached hydrogens (tertiary/aromatic N) is 6. The van der Waals surface area contributed by atoms with Crippen LogP contribution in [0.15, 0.2) is 58.8 Å². The number of hydrogen-bond acceptors (Lipinski definition) is 6. The van der Waals surface area contributed by atoms with E-state index in [1.165, 1.54) is 0 Å². The molecular formula is C31H6F12N6. The van der Waals surface area contributed by atoms with Gasteiger partial charge in [-0.3, -0.25) is 0 Å². The van der Waals surface area contributed by atoms with Crippen LogP contribution in [0, 0.1) is 109 Å². The monoisotopic (exact) mass is 690 g/mol. The predicted octanol–water partition coefficient (Wildman–Crippen LogP) is 8.59. The van der Waals surface area contributed by atoms with Crippen LogP contribution in [0.3, 0.4) is 0 Å². The molecule has 0 aliphatic heterocycles. The molecule has 0 amide bonds. The highest BCUT2D eigenvalue weighted by Gasteiger charge is 2.30. The van der Waals surface area contributed by atoms with Gasteiger partial charge in [-0.05, 0) is 23.8 Å². The van der Waals surface area contributed by atoms with Crippen molar-refractivity contribution in [2.45, 2.75) is 6.67 Å². The topological polar surface area (TPSA) is 143 Å². The molecule has 2 aromatic carbocycles. The lowest BCUT2D eigenvalue weighted by molar-refractivity contribution is 0.441. The standard InChI is InChI=1S/C31H6F12N6/c32-4-16-17(9-47)26(38)29(41)22(25(16)37)14(7-45)1-12(13(6-44)3-20(34)24(36)18(10-48)21(35)5-33)2-15(8-46)23-30(42)27(39)19(11-49)28(40)31(23)43/h1-3,5H,4H2/b13-12-,14-1+,15-2-,20-3-,21-5-,24-18+. The van der Waals surface area contributed by atoms with Crippen molar-refractivity contribution < 1.29 is 52.7 Å². The first-order chi connectivity index (χ1) is 23.1. The first kappa shape index (κ1) is 38.2. The summed E-state index contributed by atoms with van der Waals surface area (Å²) in [6, 6.07) is 5.61. The van der Waals surface area contributed by atoms with Gasteiger partial charge in [0.1, 0.15) is 48.2 Å². The van der Waals surface area contributed by atoms with Gasteiger partial charge in [0.25, 0.3) is 0 Å². The molecule has 0 aromatic heterocycles. The molecule has 0 spiro atoms. The molecule has 0 atom stereocenters. The maximum Gasteiger partial charge on any atom is 0.180 e. The van der Waals surface area contributed by atoms with Crippen molar-refractivity contribution >= 4 is 11.1 Å². The fourth-order valence-corrected chi connectivity index (χ4v) is 3.73. The van der Waals surface area contributed by atoms with Crippen molar-refractivity contribution in [3.05, 3.63) is 127 Å². The highest BCUT2D eigenvalue weighted by molar-refractivity contribution is 5.85. The molecule has 0 aliphatic rings. The van der Waals surface area contributed by atoms with Crippen LogP contribution < -0.4 is 0 Å². The van der Waals surface area contributed by atoms with Gasteiger partial charge < -0.3 is 0 Å². The second-order valence-corrected chi connectivity index (χ2v) is 8.60. The lowest BCUT2D eigenvalue weighted by Crippen LogP contribution is -2.07. The van der Waals surface area contributed by atoms with Crippen molar-refractivity contribution in [3.8, 4) is 36.4 Å². The number of benzene rings is 2. The van der Waals surface area contributed by atoms with E-state index in [0.29, 0.717) is 0 Å². The second kappa shape index (κ2) is 16.0. The highest BCUT2D eigenvalue weighted by Crippen LogP contribution is 2.34. The third kappa shape index (κ3) is 7.20. The molecule has 0 saturated carbocycles. The van der Waals surface area contributed by atoms with Gasteiger partial charge in [0.15, 0.2) is 52.4 Å². The maximum absolute atomic E-state index is 15.2. The highest BCUT2D eigenvalue weighted by atomic mass is 19.2. The van der Waals surface area contributed by atoms with Crippen molar-refractivity contribution in [1.29, 1.82) is 31.6 Å². The summed E-state index contributed by atoms with van der Waals surface area (Å²) >= 11 is 0. The van der Waals surface area contributed by atoms with Crippen molar-refractivity contribution in [1.82, 2.24) is 0 Å². The van der Waals surface area contributed by atoms with E-state index in [-0.39, 0.29) is 18.2 Å². The van der Waals surface area contributed by atoms with Crippen molar-refractivity contribution in [2.24, 2.45) is 0 Å². The smallest absolute Gasteiger partial charge is 0.180 e. The second-order valence-electron chi connectivity index (χ2n) is 8.60. The average Bonchev–Trinajstić information content (AvgIpc) is 3.09. The Hall–Kier alpha value is -7.02. The molecule has 0 N–H and O–H groups in total. The first-order valence-electron chi connectivity index (χ1n) is 12.1. The normalized spacial score (nSPS) is 13.2. The Balaban J connectivity index is 3.30. The van der Waals surface area contributed by atoms with Gasteiger partial charge in [0.2, 0.25) is 0 Å². The Labute approximate surface area is 266 Å². The van der Waals surface area contributed by atoms with Gasteiger partial charge >= 0.3 is 0 Å². The average molecular weight is 690 g/mol. The SMILES string of the molecule is N#C\C(=C/C(/C=C(/C#N)c1c(F)c(F)c(C#N)c(F)c1F)=C(C#N)\C=C(F)\C(F)=C(C#N)/C(F)=C/F)c1c(F)c(F)c(C#N)c(CF)c1F. The molecule has 0 saturated heterocycles. The van der Waals surface area contributed by atoms with Crippen LogP contribution in [0.5, 0.6) is 0 Å². The van der Waals surface area contributed by atoms with Crippen molar-refractivity contribution in [2.75, 3.05) is 0 Å². The van der Waals surface area contributed by atoms with Crippen LogP contribution in [0.25, 0.3) is 11.1 Å². The largest absolute Gasteiger partial charge is 0.246 e. The van der Waals surface area contributed by atoms with Gasteiger partial charge in [-0.25, -0.2) is 52.7 Å². The van der Waals surface area contributed by atoms with Crippen molar-refractivity contribution in [3.63, 3.8) is 0 Å². The fraction of sp³-hybridized carbons (Fsp3) is 0.0323. The number of halogens is 12. The minimum Gasteiger partial charge on any atom is -0.246 e. The van der Waals surface area contributed by atoms with Crippen LogP contribution in [0.2, 0.25) is 0 Å². The van der Waals surface area contributed by atoms with Gasteiger partial charge in [-0.2, -0.15) is 31.6 Å². The van der Waals surface area contributed by atoms with E-state index < -0.39 is 127 Å². The van der Waals surface area contributed by atoms with Gasteiger partial charge in [0.05, 0.1) is 51.6 Å². The Kier molecular flexibility index (Phi) is 12.5. The minimum atomic E-state index is -2.51. The molecule has 18 heteroatoms. The molecule has 2 rings (SSSR count). The lowest BCUT2D eigenvalue weighted by atomic mass is 9.93. The zero-order chi connectivity index (χ0) is 37.3.